The number of nitrogens with zero attached hydrogens (tertiary/aromatic N) is 2. The Kier molecular flexibility index (Phi) is 4.54. The van der Waals surface area contributed by atoms with Crippen LogP contribution >= 0.6 is 15.9 Å². The molecule has 0 saturated heterocycles. The molecule has 0 aliphatic heterocycles. The quantitative estimate of drug-likeness (QED) is 0.616. The van der Waals surface area contributed by atoms with Crippen molar-refractivity contribution in [3.05, 3.63) is 32.5 Å². The smallest absolute Gasteiger partial charge is 0.292 e. The molecule has 0 aliphatic carbocycles. The number of Topliss-reactive ketones (excluding diaryl/α,β-unsaturated/α-hetero) is 1. The molecule has 1 aromatic rings. The van der Waals surface area contributed by atoms with Crippen LogP contribution in [0.4, 0.5) is 5.69 Å². The second-order valence-corrected chi connectivity index (χ2v) is 4.26. The Labute approximate surface area is 101 Å². The maximum atomic E-state index is 11.4. The normalized spacial score (nSPS) is 10.1. The van der Waals surface area contributed by atoms with Gasteiger partial charge in [-0.25, -0.2) is 0 Å². The Bertz CT molecular complexity index is 421. The van der Waals surface area contributed by atoms with Gasteiger partial charge in [-0.05, 0) is 22.4 Å². The minimum atomic E-state index is -0.522. The standard InChI is InChI=1S/C10H11BrN2O3/c1-2-3-8(14)5-9-10(13(15)16)4-7(11)6-12-9/h4,6H,2-3,5H2,1H3. The van der Waals surface area contributed by atoms with Gasteiger partial charge in [-0.15, -0.1) is 0 Å². The molecule has 0 N–H and O–H groups in total. The number of hydrogen-bond acceptors (Lipinski definition) is 4. The summed E-state index contributed by atoms with van der Waals surface area (Å²) in [4.78, 5) is 25.5. The van der Waals surface area contributed by atoms with Crippen molar-refractivity contribution in [1.82, 2.24) is 4.98 Å². The summed E-state index contributed by atoms with van der Waals surface area (Å²) in [6, 6.07) is 1.36. The van der Waals surface area contributed by atoms with E-state index in [0.29, 0.717) is 10.9 Å². The molecule has 86 valence electrons. The number of ketones is 1. The Morgan fingerprint density at radius 3 is 2.88 bits per heavy atom. The lowest BCUT2D eigenvalue weighted by Gasteiger charge is -2.01. The summed E-state index contributed by atoms with van der Waals surface area (Å²) in [7, 11) is 0. The van der Waals surface area contributed by atoms with Crippen molar-refractivity contribution in [3.63, 3.8) is 0 Å². The SMILES string of the molecule is CCCC(=O)Cc1ncc(Br)cc1[N+](=O)[O-]. The van der Waals surface area contributed by atoms with Gasteiger partial charge in [0.25, 0.3) is 5.69 Å². The molecule has 0 bridgehead atoms. The predicted molar refractivity (Wildman–Crippen MR) is 62.2 cm³/mol. The number of pyridine rings is 1. The molecule has 0 spiro atoms. The van der Waals surface area contributed by atoms with E-state index in [0.717, 1.165) is 6.42 Å². The van der Waals surface area contributed by atoms with Crippen LogP contribution in [0.5, 0.6) is 0 Å². The zero-order chi connectivity index (χ0) is 12.1. The van der Waals surface area contributed by atoms with Crippen LogP contribution in [0.25, 0.3) is 0 Å². The van der Waals surface area contributed by atoms with Crippen LogP contribution in [0, 0.1) is 10.1 Å². The first kappa shape index (κ1) is 12.8. The highest BCUT2D eigenvalue weighted by Gasteiger charge is 2.17. The fraction of sp³-hybridized carbons (Fsp3) is 0.400. The number of aromatic nitrogens is 1. The molecule has 0 unspecified atom stereocenters. The molecule has 0 amide bonds. The van der Waals surface area contributed by atoms with Crippen molar-refractivity contribution in [2.45, 2.75) is 26.2 Å². The van der Waals surface area contributed by atoms with Crippen molar-refractivity contribution in [1.29, 1.82) is 0 Å². The maximum absolute atomic E-state index is 11.4. The summed E-state index contributed by atoms with van der Waals surface area (Å²) < 4.78 is 0.533. The third kappa shape index (κ3) is 3.37. The molecule has 0 fully saturated rings. The Hall–Kier alpha value is -1.30. The molecular formula is C10H11BrN2O3. The summed E-state index contributed by atoms with van der Waals surface area (Å²) in [6.07, 6.45) is 2.65. The number of rotatable bonds is 5. The molecule has 5 nitrogen and oxygen atoms in total. The van der Waals surface area contributed by atoms with E-state index in [-0.39, 0.29) is 23.6 Å². The lowest BCUT2D eigenvalue weighted by molar-refractivity contribution is -0.385. The van der Waals surface area contributed by atoms with Crippen molar-refractivity contribution in [3.8, 4) is 0 Å². The highest BCUT2D eigenvalue weighted by molar-refractivity contribution is 9.10. The van der Waals surface area contributed by atoms with Gasteiger partial charge < -0.3 is 0 Å². The van der Waals surface area contributed by atoms with Gasteiger partial charge in [0.15, 0.2) is 0 Å². The molecule has 16 heavy (non-hydrogen) atoms. The lowest BCUT2D eigenvalue weighted by Crippen LogP contribution is -2.06. The first-order chi connectivity index (χ1) is 7.54. The van der Waals surface area contributed by atoms with E-state index in [1.807, 2.05) is 6.92 Å². The largest absolute Gasteiger partial charge is 0.299 e. The zero-order valence-corrected chi connectivity index (χ0v) is 10.4. The van der Waals surface area contributed by atoms with Gasteiger partial charge in [-0.2, -0.15) is 0 Å². The maximum Gasteiger partial charge on any atom is 0.292 e. The Balaban J connectivity index is 2.95. The summed E-state index contributed by atoms with van der Waals surface area (Å²) in [5.41, 5.74) is 0.116. The third-order valence-corrected chi connectivity index (χ3v) is 2.44. The minimum Gasteiger partial charge on any atom is -0.299 e. The molecule has 0 aromatic carbocycles. The van der Waals surface area contributed by atoms with Crippen molar-refractivity contribution in [2.24, 2.45) is 0 Å². The fourth-order valence-electron chi connectivity index (χ4n) is 1.31. The Morgan fingerprint density at radius 2 is 2.31 bits per heavy atom. The first-order valence-electron chi connectivity index (χ1n) is 4.85. The van der Waals surface area contributed by atoms with E-state index >= 15 is 0 Å². The van der Waals surface area contributed by atoms with Crippen LogP contribution < -0.4 is 0 Å². The summed E-state index contributed by atoms with van der Waals surface area (Å²) >= 11 is 3.11. The number of carbonyl (C=O) groups is 1. The average molecular weight is 287 g/mol. The van der Waals surface area contributed by atoms with Crippen LogP contribution in [-0.4, -0.2) is 15.7 Å². The molecule has 1 rings (SSSR count). The van der Waals surface area contributed by atoms with Gasteiger partial charge in [-0.1, -0.05) is 6.92 Å². The fourth-order valence-corrected chi connectivity index (χ4v) is 1.62. The highest BCUT2D eigenvalue weighted by Crippen LogP contribution is 2.21. The monoisotopic (exact) mass is 286 g/mol. The number of nitro groups is 1. The molecular weight excluding hydrogens is 276 g/mol. The van der Waals surface area contributed by atoms with Gasteiger partial charge >= 0.3 is 0 Å². The second kappa shape index (κ2) is 5.69. The number of carbonyl (C=O) groups excluding carboxylic acids is 1. The van der Waals surface area contributed by atoms with Crippen LogP contribution in [0.15, 0.2) is 16.7 Å². The van der Waals surface area contributed by atoms with E-state index in [9.17, 15) is 14.9 Å². The summed E-state index contributed by atoms with van der Waals surface area (Å²) in [5, 5.41) is 10.7. The van der Waals surface area contributed by atoms with Gasteiger partial charge in [0.05, 0.1) is 11.3 Å². The van der Waals surface area contributed by atoms with Crippen molar-refractivity contribution < 1.29 is 9.72 Å². The third-order valence-electron chi connectivity index (χ3n) is 2.00. The molecule has 6 heteroatoms. The molecule has 0 saturated carbocycles. The van der Waals surface area contributed by atoms with Gasteiger partial charge in [0, 0.05) is 23.2 Å². The topological polar surface area (TPSA) is 73.1 Å². The van der Waals surface area contributed by atoms with Crippen LogP contribution in [0.2, 0.25) is 0 Å². The molecule has 0 radical (unpaired) electrons. The number of hydrogen-bond donors (Lipinski definition) is 0. The van der Waals surface area contributed by atoms with E-state index < -0.39 is 4.92 Å². The highest BCUT2D eigenvalue weighted by atomic mass is 79.9. The number of halogens is 1. The van der Waals surface area contributed by atoms with E-state index in [2.05, 4.69) is 20.9 Å². The summed E-state index contributed by atoms with van der Waals surface area (Å²) in [5.74, 6) is -0.0274. The average Bonchev–Trinajstić information content (AvgIpc) is 2.20. The molecule has 1 heterocycles. The minimum absolute atomic E-state index is 0.0252. The predicted octanol–water partition coefficient (Wildman–Crippen LogP) is 2.66. The lowest BCUT2D eigenvalue weighted by atomic mass is 10.1. The van der Waals surface area contributed by atoms with Gasteiger partial charge in [-0.3, -0.25) is 19.9 Å². The summed E-state index contributed by atoms with van der Waals surface area (Å²) in [6.45, 7) is 1.89. The van der Waals surface area contributed by atoms with Crippen LogP contribution in [-0.2, 0) is 11.2 Å². The second-order valence-electron chi connectivity index (χ2n) is 3.34. The van der Waals surface area contributed by atoms with Gasteiger partial charge in [0.1, 0.15) is 11.5 Å². The van der Waals surface area contributed by atoms with E-state index in [4.69, 9.17) is 0 Å². The van der Waals surface area contributed by atoms with Gasteiger partial charge in [0.2, 0.25) is 0 Å². The van der Waals surface area contributed by atoms with Crippen LogP contribution in [0.3, 0.4) is 0 Å². The molecule has 0 aliphatic rings. The van der Waals surface area contributed by atoms with Crippen LogP contribution in [0.1, 0.15) is 25.5 Å². The molecule has 0 atom stereocenters. The first-order valence-corrected chi connectivity index (χ1v) is 5.64. The van der Waals surface area contributed by atoms with E-state index in [1.165, 1.54) is 12.3 Å². The molecule has 1 aromatic heterocycles. The zero-order valence-electron chi connectivity index (χ0n) is 8.77. The van der Waals surface area contributed by atoms with Crippen molar-refractivity contribution >= 4 is 27.4 Å². The van der Waals surface area contributed by atoms with E-state index in [1.54, 1.807) is 0 Å². The Morgan fingerprint density at radius 1 is 1.62 bits per heavy atom. The van der Waals surface area contributed by atoms with Crippen molar-refractivity contribution in [2.75, 3.05) is 0 Å².